The van der Waals surface area contributed by atoms with Gasteiger partial charge in [0.15, 0.2) is 0 Å². The van der Waals surface area contributed by atoms with Gasteiger partial charge in [-0.1, -0.05) is 94.6 Å². The Morgan fingerprint density at radius 2 is 1.55 bits per heavy atom. The van der Waals surface area contributed by atoms with Crippen LogP contribution in [0.25, 0.3) is 10.9 Å². The molecule has 3 amide bonds. The van der Waals surface area contributed by atoms with Crippen LogP contribution < -0.4 is 16.0 Å². The summed E-state index contributed by atoms with van der Waals surface area (Å²) >= 11 is 0. The number of hydrogen-bond acceptors (Lipinski definition) is 6. The van der Waals surface area contributed by atoms with Gasteiger partial charge in [-0.25, -0.2) is 4.98 Å². The summed E-state index contributed by atoms with van der Waals surface area (Å²) in [6.45, 7) is 12.7. The van der Waals surface area contributed by atoms with E-state index in [9.17, 15) is 19.5 Å². The Hall–Kier alpha value is -3.82. The van der Waals surface area contributed by atoms with Crippen LogP contribution in [0.2, 0.25) is 0 Å². The standard InChI is InChI=1S/C40H55N5O4/c1-39(2,3)35(43-36(47)31-21-20-27-16-12-13-19-30(27)41-31)38(49)42-32(22-26-14-8-7-9-15-26)34(46)25-45-24-29-18-11-10-17-28(29)23-33(45)37(48)44-40(4,5)6/h7-9,12-16,19-21,28-29,32-35,46H,10-11,17-18,22-25H2,1-6H3,(H,42,49)(H,43,47)(H,44,48)/t28-,29+,32-,33-,34+,35+/m0/s1. The van der Waals surface area contributed by atoms with Gasteiger partial charge in [-0.2, -0.15) is 0 Å². The Morgan fingerprint density at radius 3 is 2.24 bits per heavy atom. The SMILES string of the molecule is CC(C)(C)NC(=O)[C@@H]1C[C@@H]2CCCC[C@@H]2CN1C[C@@H](O)[C@H](Cc1ccccc1)NC(=O)[C@@H](NC(=O)c1ccc2ccccc2n1)C(C)(C)C. The van der Waals surface area contributed by atoms with Gasteiger partial charge in [0.1, 0.15) is 11.7 Å². The summed E-state index contributed by atoms with van der Waals surface area (Å²) in [4.78, 5) is 48.0. The number of rotatable bonds is 10. The van der Waals surface area contributed by atoms with E-state index in [1.165, 1.54) is 12.8 Å². The molecular formula is C40H55N5O4. The number of aromatic nitrogens is 1. The number of carbonyl (C=O) groups excluding carboxylic acids is 3. The van der Waals surface area contributed by atoms with Crippen molar-refractivity contribution in [1.29, 1.82) is 0 Å². The van der Waals surface area contributed by atoms with Crippen molar-refractivity contribution >= 4 is 28.6 Å². The zero-order valence-corrected chi connectivity index (χ0v) is 30.0. The average Bonchev–Trinajstić information content (AvgIpc) is 3.05. The Morgan fingerprint density at radius 1 is 0.878 bits per heavy atom. The van der Waals surface area contributed by atoms with E-state index in [1.54, 1.807) is 6.07 Å². The third kappa shape index (κ3) is 9.67. The number of hydrogen-bond donors (Lipinski definition) is 4. The molecule has 0 unspecified atom stereocenters. The summed E-state index contributed by atoms with van der Waals surface area (Å²) in [5.41, 5.74) is 0.884. The first kappa shape index (κ1) is 36.5. The molecule has 6 atom stereocenters. The number of benzene rings is 2. The molecule has 2 heterocycles. The monoisotopic (exact) mass is 669 g/mol. The molecule has 1 saturated carbocycles. The molecule has 0 spiro atoms. The molecule has 2 aliphatic rings. The second-order valence-corrected chi connectivity index (χ2v) is 16.3. The molecule has 1 aromatic heterocycles. The predicted octanol–water partition coefficient (Wildman–Crippen LogP) is 5.26. The maximum atomic E-state index is 14.1. The summed E-state index contributed by atoms with van der Waals surface area (Å²) in [7, 11) is 0. The van der Waals surface area contributed by atoms with Crippen LogP contribution in [0.3, 0.4) is 0 Å². The molecule has 1 saturated heterocycles. The van der Waals surface area contributed by atoms with Crippen molar-refractivity contribution in [2.24, 2.45) is 17.3 Å². The van der Waals surface area contributed by atoms with Crippen molar-refractivity contribution < 1.29 is 19.5 Å². The topological polar surface area (TPSA) is 124 Å². The van der Waals surface area contributed by atoms with Crippen LogP contribution >= 0.6 is 0 Å². The number of pyridine rings is 1. The first-order chi connectivity index (χ1) is 23.2. The van der Waals surface area contributed by atoms with Crippen LogP contribution in [-0.4, -0.2) is 75.6 Å². The summed E-state index contributed by atoms with van der Waals surface area (Å²) < 4.78 is 0. The number of nitrogens with zero attached hydrogens (tertiary/aromatic N) is 2. The number of para-hydroxylation sites is 1. The highest BCUT2D eigenvalue weighted by Gasteiger charge is 2.42. The molecule has 3 aromatic rings. The van der Waals surface area contributed by atoms with Gasteiger partial charge in [0, 0.05) is 24.0 Å². The van der Waals surface area contributed by atoms with Crippen LogP contribution in [0.15, 0.2) is 66.7 Å². The van der Waals surface area contributed by atoms with E-state index in [0.29, 0.717) is 23.8 Å². The Kier molecular flexibility index (Phi) is 11.4. The number of amides is 3. The van der Waals surface area contributed by atoms with E-state index in [1.807, 2.05) is 102 Å². The van der Waals surface area contributed by atoms with Gasteiger partial charge in [0.25, 0.3) is 5.91 Å². The van der Waals surface area contributed by atoms with Crippen LogP contribution in [0.1, 0.15) is 89.7 Å². The zero-order chi connectivity index (χ0) is 35.3. The number of fused-ring (bicyclic) bond motifs is 2. The molecule has 9 heteroatoms. The van der Waals surface area contributed by atoms with Crippen molar-refractivity contribution in [3.05, 3.63) is 78.0 Å². The van der Waals surface area contributed by atoms with Crippen LogP contribution in [0.4, 0.5) is 0 Å². The summed E-state index contributed by atoms with van der Waals surface area (Å²) in [6.07, 6.45) is 4.87. The van der Waals surface area contributed by atoms with Gasteiger partial charge in [0.05, 0.1) is 23.7 Å². The van der Waals surface area contributed by atoms with Crippen molar-refractivity contribution in [1.82, 2.24) is 25.8 Å². The molecule has 4 N–H and O–H groups in total. The van der Waals surface area contributed by atoms with E-state index < -0.39 is 29.5 Å². The second kappa shape index (κ2) is 15.4. The number of aliphatic hydroxyl groups excluding tert-OH is 1. The molecule has 1 aliphatic heterocycles. The number of aliphatic hydroxyl groups is 1. The molecule has 2 aromatic carbocycles. The molecule has 0 radical (unpaired) electrons. The fourth-order valence-corrected chi connectivity index (χ4v) is 7.48. The fraction of sp³-hybridized carbons (Fsp3) is 0.550. The van der Waals surface area contributed by atoms with E-state index >= 15 is 0 Å². The molecule has 9 nitrogen and oxygen atoms in total. The first-order valence-electron chi connectivity index (χ1n) is 17.9. The fourth-order valence-electron chi connectivity index (χ4n) is 7.48. The minimum Gasteiger partial charge on any atom is -0.390 e. The van der Waals surface area contributed by atoms with Crippen molar-refractivity contribution in [3.63, 3.8) is 0 Å². The van der Waals surface area contributed by atoms with Gasteiger partial charge in [-0.15, -0.1) is 0 Å². The lowest BCUT2D eigenvalue weighted by atomic mass is 9.72. The van der Waals surface area contributed by atoms with Crippen LogP contribution in [0.5, 0.6) is 0 Å². The van der Waals surface area contributed by atoms with Gasteiger partial charge in [0.2, 0.25) is 11.8 Å². The van der Waals surface area contributed by atoms with E-state index in [4.69, 9.17) is 0 Å². The highest BCUT2D eigenvalue weighted by atomic mass is 16.3. The highest BCUT2D eigenvalue weighted by molar-refractivity contribution is 5.98. The van der Waals surface area contributed by atoms with Crippen LogP contribution in [-0.2, 0) is 16.0 Å². The summed E-state index contributed by atoms with van der Waals surface area (Å²) in [5, 5.41) is 22.1. The second-order valence-electron chi connectivity index (χ2n) is 16.3. The number of nitrogens with one attached hydrogen (secondary N) is 3. The van der Waals surface area contributed by atoms with Gasteiger partial charge < -0.3 is 21.1 Å². The van der Waals surface area contributed by atoms with E-state index in [2.05, 4.69) is 25.8 Å². The average molecular weight is 670 g/mol. The normalized spacial score (nSPS) is 22.0. The van der Waals surface area contributed by atoms with E-state index in [0.717, 1.165) is 36.8 Å². The molecule has 1 aliphatic carbocycles. The summed E-state index contributed by atoms with van der Waals surface area (Å²) in [5.74, 6) is 0.167. The molecule has 5 rings (SSSR count). The number of β-amino-alcohol motifs (C(OH)–C–C–N with tert-alkyl or cyclic N) is 1. The molecule has 2 fully saturated rings. The van der Waals surface area contributed by atoms with Crippen molar-refractivity contribution in [2.45, 2.75) is 110 Å². The lowest BCUT2D eigenvalue weighted by Crippen LogP contribution is -2.61. The van der Waals surface area contributed by atoms with Gasteiger partial charge >= 0.3 is 0 Å². The Bertz CT molecular complexity index is 1600. The van der Waals surface area contributed by atoms with Crippen molar-refractivity contribution in [3.8, 4) is 0 Å². The van der Waals surface area contributed by atoms with Crippen LogP contribution in [0, 0.1) is 17.3 Å². The van der Waals surface area contributed by atoms with Crippen molar-refractivity contribution in [2.75, 3.05) is 13.1 Å². The maximum absolute atomic E-state index is 14.1. The Balaban J connectivity index is 1.36. The largest absolute Gasteiger partial charge is 0.390 e. The molecule has 264 valence electrons. The van der Waals surface area contributed by atoms with Gasteiger partial charge in [-0.05, 0) is 75.0 Å². The number of carbonyl (C=O) groups is 3. The highest BCUT2D eigenvalue weighted by Crippen LogP contribution is 2.39. The third-order valence-electron chi connectivity index (χ3n) is 10.0. The molecular weight excluding hydrogens is 614 g/mol. The number of piperidine rings is 1. The smallest absolute Gasteiger partial charge is 0.270 e. The minimum atomic E-state index is -0.965. The Labute approximate surface area is 291 Å². The first-order valence-corrected chi connectivity index (χ1v) is 17.9. The lowest BCUT2D eigenvalue weighted by molar-refractivity contribution is -0.133. The van der Waals surface area contributed by atoms with E-state index in [-0.39, 0.29) is 35.6 Å². The molecule has 49 heavy (non-hydrogen) atoms. The maximum Gasteiger partial charge on any atom is 0.270 e. The quantitative estimate of drug-likeness (QED) is 0.234. The summed E-state index contributed by atoms with van der Waals surface area (Å²) in [6, 6.07) is 19.0. The number of likely N-dealkylation sites (tertiary alicyclic amines) is 1. The lowest BCUT2D eigenvalue weighted by Gasteiger charge is -2.47. The van der Waals surface area contributed by atoms with Gasteiger partial charge in [-0.3, -0.25) is 19.3 Å². The minimum absolute atomic E-state index is 0.00909. The third-order valence-corrected chi connectivity index (χ3v) is 10.0. The molecule has 0 bridgehead atoms. The predicted molar refractivity (Wildman–Crippen MR) is 194 cm³/mol. The zero-order valence-electron chi connectivity index (χ0n) is 30.0.